The second-order valence-corrected chi connectivity index (χ2v) is 9.69. The summed E-state index contributed by atoms with van der Waals surface area (Å²) in [6.07, 6.45) is 5.25. The number of hydrogen-bond donors (Lipinski definition) is 1. The second-order valence-electron chi connectivity index (χ2n) is 8.77. The average Bonchev–Trinajstić information content (AvgIpc) is 2.94. The van der Waals surface area contributed by atoms with E-state index in [4.69, 9.17) is 15.1 Å². The standard InChI is InChI=1S/C24H29BrN4O2/c1-14-9-19(25)10-15(2)22(14)29-11-16(3)21-23(26-17(4)27-24(21)29)28-12-18(13-28)7-5-6-8-20(30)31/h9-11,18H,5-8,12-13H2,1-4H3,(H,30,31). The zero-order valence-electron chi connectivity index (χ0n) is 18.6. The van der Waals surface area contributed by atoms with Gasteiger partial charge < -0.3 is 14.6 Å². The minimum absolute atomic E-state index is 0.268. The molecule has 1 saturated heterocycles. The number of nitrogens with zero attached hydrogens (tertiary/aromatic N) is 4. The molecule has 164 valence electrons. The molecule has 1 aliphatic rings. The number of rotatable bonds is 7. The van der Waals surface area contributed by atoms with Crippen LogP contribution in [0.3, 0.4) is 0 Å². The van der Waals surface area contributed by atoms with Crippen LogP contribution in [0.5, 0.6) is 0 Å². The maximum absolute atomic E-state index is 10.7. The highest BCUT2D eigenvalue weighted by molar-refractivity contribution is 9.10. The van der Waals surface area contributed by atoms with Gasteiger partial charge in [0.15, 0.2) is 5.65 Å². The molecule has 7 heteroatoms. The van der Waals surface area contributed by atoms with Crippen molar-refractivity contribution in [2.24, 2.45) is 5.92 Å². The van der Waals surface area contributed by atoms with E-state index in [-0.39, 0.29) is 6.42 Å². The largest absolute Gasteiger partial charge is 0.481 e. The Balaban J connectivity index is 1.62. The van der Waals surface area contributed by atoms with Crippen molar-refractivity contribution in [1.82, 2.24) is 14.5 Å². The van der Waals surface area contributed by atoms with E-state index in [1.807, 2.05) is 6.92 Å². The monoisotopic (exact) mass is 484 g/mol. The van der Waals surface area contributed by atoms with Crippen LogP contribution in [0.15, 0.2) is 22.8 Å². The maximum Gasteiger partial charge on any atom is 0.303 e. The zero-order chi connectivity index (χ0) is 22.3. The number of fused-ring (bicyclic) bond motifs is 1. The van der Waals surface area contributed by atoms with Crippen LogP contribution < -0.4 is 4.90 Å². The number of carboxylic acids is 1. The predicted molar refractivity (Wildman–Crippen MR) is 127 cm³/mol. The molecule has 1 N–H and O–H groups in total. The third-order valence-corrected chi connectivity index (χ3v) is 6.59. The summed E-state index contributed by atoms with van der Waals surface area (Å²) in [5.74, 6) is 1.70. The van der Waals surface area contributed by atoms with Crippen molar-refractivity contribution in [3.05, 3.63) is 45.3 Å². The lowest BCUT2D eigenvalue weighted by Gasteiger charge is -2.40. The molecule has 1 fully saturated rings. The summed E-state index contributed by atoms with van der Waals surface area (Å²) in [4.78, 5) is 22.7. The number of halogens is 1. The molecule has 4 rings (SSSR count). The highest BCUT2D eigenvalue weighted by Gasteiger charge is 2.30. The highest BCUT2D eigenvalue weighted by atomic mass is 79.9. The van der Waals surface area contributed by atoms with Crippen LogP contribution in [0.2, 0.25) is 0 Å². The van der Waals surface area contributed by atoms with Gasteiger partial charge in [0.05, 0.1) is 11.1 Å². The summed E-state index contributed by atoms with van der Waals surface area (Å²) in [6.45, 7) is 10.3. The lowest BCUT2D eigenvalue weighted by molar-refractivity contribution is -0.137. The molecule has 0 saturated carbocycles. The van der Waals surface area contributed by atoms with E-state index in [2.05, 4.69) is 64.5 Å². The van der Waals surface area contributed by atoms with Crippen molar-refractivity contribution in [3.63, 3.8) is 0 Å². The molecule has 0 bridgehead atoms. The van der Waals surface area contributed by atoms with E-state index < -0.39 is 5.97 Å². The first-order chi connectivity index (χ1) is 14.7. The number of aromatic nitrogens is 3. The molecule has 6 nitrogen and oxygen atoms in total. The summed E-state index contributed by atoms with van der Waals surface area (Å²) in [7, 11) is 0. The van der Waals surface area contributed by atoms with Crippen molar-refractivity contribution < 1.29 is 9.90 Å². The fourth-order valence-corrected chi connectivity index (χ4v) is 5.39. The SMILES string of the molecule is Cc1nc(N2CC(CCCCC(=O)O)C2)c2c(C)cn(-c3c(C)cc(Br)cc3C)c2n1. The van der Waals surface area contributed by atoms with Gasteiger partial charge in [0, 0.05) is 30.2 Å². The Kier molecular flexibility index (Phi) is 6.06. The van der Waals surface area contributed by atoms with Crippen molar-refractivity contribution in [3.8, 4) is 5.69 Å². The molecule has 2 aromatic heterocycles. The van der Waals surface area contributed by atoms with Gasteiger partial charge in [-0.2, -0.15) is 0 Å². The van der Waals surface area contributed by atoms with Crippen LogP contribution in [-0.2, 0) is 4.79 Å². The number of benzene rings is 1. The minimum atomic E-state index is -0.703. The summed E-state index contributed by atoms with van der Waals surface area (Å²) < 4.78 is 3.30. The third kappa shape index (κ3) is 4.33. The maximum atomic E-state index is 10.7. The first-order valence-electron chi connectivity index (χ1n) is 10.8. The number of hydrogen-bond acceptors (Lipinski definition) is 4. The highest BCUT2D eigenvalue weighted by Crippen LogP contribution is 2.36. The van der Waals surface area contributed by atoms with E-state index in [0.717, 1.165) is 59.5 Å². The smallest absolute Gasteiger partial charge is 0.303 e. The Morgan fingerprint density at radius 1 is 1.10 bits per heavy atom. The summed E-state index contributed by atoms with van der Waals surface area (Å²) in [5.41, 5.74) is 5.71. The van der Waals surface area contributed by atoms with Crippen LogP contribution >= 0.6 is 15.9 Å². The first kappa shape index (κ1) is 21.8. The van der Waals surface area contributed by atoms with Crippen LogP contribution in [0, 0.1) is 33.6 Å². The van der Waals surface area contributed by atoms with E-state index in [9.17, 15) is 4.79 Å². The van der Waals surface area contributed by atoms with Gasteiger partial charge >= 0.3 is 5.97 Å². The predicted octanol–water partition coefficient (Wildman–Crippen LogP) is 5.50. The van der Waals surface area contributed by atoms with Crippen molar-refractivity contribution in [2.45, 2.75) is 53.4 Å². The fourth-order valence-electron chi connectivity index (χ4n) is 4.71. The fraction of sp³-hybridized carbons (Fsp3) is 0.458. The van der Waals surface area contributed by atoms with Crippen LogP contribution in [-0.4, -0.2) is 38.7 Å². The third-order valence-electron chi connectivity index (χ3n) is 6.13. The molecule has 0 amide bonds. The van der Waals surface area contributed by atoms with E-state index in [0.29, 0.717) is 5.92 Å². The Hall–Kier alpha value is -2.41. The quantitative estimate of drug-likeness (QED) is 0.448. The van der Waals surface area contributed by atoms with Gasteiger partial charge in [-0.1, -0.05) is 22.4 Å². The van der Waals surface area contributed by atoms with Crippen LogP contribution in [0.25, 0.3) is 16.7 Å². The lowest BCUT2D eigenvalue weighted by atomic mass is 9.93. The first-order valence-corrected chi connectivity index (χ1v) is 11.6. The van der Waals surface area contributed by atoms with Gasteiger partial charge in [-0.15, -0.1) is 0 Å². The Labute approximate surface area is 191 Å². The molecular weight excluding hydrogens is 456 g/mol. The summed E-state index contributed by atoms with van der Waals surface area (Å²) in [5, 5.41) is 9.92. The Bertz CT molecular complexity index is 1130. The van der Waals surface area contributed by atoms with Gasteiger partial charge in [-0.05, 0) is 75.3 Å². The van der Waals surface area contributed by atoms with Crippen LogP contribution in [0.1, 0.15) is 48.2 Å². The Morgan fingerprint density at radius 3 is 2.42 bits per heavy atom. The molecule has 3 heterocycles. The second kappa shape index (κ2) is 8.61. The number of unbranched alkanes of at least 4 members (excludes halogenated alkanes) is 1. The summed E-state index contributed by atoms with van der Waals surface area (Å²) in [6, 6.07) is 4.28. The Morgan fingerprint density at radius 2 is 1.77 bits per heavy atom. The zero-order valence-corrected chi connectivity index (χ0v) is 20.2. The topological polar surface area (TPSA) is 71.2 Å². The number of aliphatic carboxylic acids is 1. The molecular formula is C24H29BrN4O2. The minimum Gasteiger partial charge on any atom is -0.481 e. The normalized spacial score (nSPS) is 14.3. The van der Waals surface area contributed by atoms with Gasteiger partial charge in [0.1, 0.15) is 11.6 Å². The van der Waals surface area contributed by atoms with Gasteiger partial charge in [0.25, 0.3) is 0 Å². The molecule has 0 radical (unpaired) electrons. The summed E-state index contributed by atoms with van der Waals surface area (Å²) >= 11 is 3.60. The van der Waals surface area contributed by atoms with Gasteiger partial charge in [0.2, 0.25) is 0 Å². The van der Waals surface area contributed by atoms with Crippen molar-refractivity contribution >= 4 is 38.8 Å². The van der Waals surface area contributed by atoms with E-state index in [1.54, 1.807) is 0 Å². The number of carbonyl (C=O) groups is 1. The van der Waals surface area contributed by atoms with Crippen molar-refractivity contribution in [1.29, 1.82) is 0 Å². The number of anilines is 1. The molecule has 0 unspecified atom stereocenters. The van der Waals surface area contributed by atoms with E-state index in [1.165, 1.54) is 22.4 Å². The van der Waals surface area contributed by atoms with Crippen molar-refractivity contribution in [2.75, 3.05) is 18.0 Å². The molecule has 0 aliphatic carbocycles. The molecule has 31 heavy (non-hydrogen) atoms. The average molecular weight is 485 g/mol. The lowest BCUT2D eigenvalue weighted by Crippen LogP contribution is -2.47. The van der Waals surface area contributed by atoms with Gasteiger partial charge in [-0.25, -0.2) is 9.97 Å². The van der Waals surface area contributed by atoms with Crippen LogP contribution in [0.4, 0.5) is 5.82 Å². The molecule has 0 spiro atoms. The number of aryl methyl sites for hydroxylation is 4. The van der Waals surface area contributed by atoms with E-state index >= 15 is 0 Å². The molecule has 1 aromatic carbocycles. The molecule has 1 aliphatic heterocycles. The molecule has 3 aromatic rings. The number of carboxylic acid groups (broad SMARTS) is 1. The van der Waals surface area contributed by atoms with Gasteiger partial charge in [-0.3, -0.25) is 4.79 Å². The molecule has 0 atom stereocenters.